The van der Waals surface area contributed by atoms with Gasteiger partial charge in [0, 0.05) is 27.7 Å². The van der Waals surface area contributed by atoms with Crippen LogP contribution < -0.4 is 5.73 Å². The molecule has 0 spiro atoms. The molecule has 10 nitrogen and oxygen atoms in total. The van der Waals surface area contributed by atoms with Gasteiger partial charge < -0.3 is 29.4 Å². The second kappa shape index (κ2) is 8.60. The highest BCUT2D eigenvalue weighted by Gasteiger charge is 2.51. The molecule has 1 fully saturated rings. The summed E-state index contributed by atoms with van der Waals surface area (Å²) in [5.74, 6) is -2.66. The van der Waals surface area contributed by atoms with Crippen molar-refractivity contribution in [2.75, 3.05) is 6.61 Å². The van der Waals surface area contributed by atoms with Gasteiger partial charge in [0.2, 0.25) is 0 Å². The summed E-state index contributed by atoms with van der Waals surface area (Å²) in [5, 5.41) is 0. The number of esters is 4. The van der Waals surface area contributed by atoms with Gasteiger partial charge in [0.05, 0.1) is 0 Å². The van der Waals surface area contributed by atoms with Crippen LogP contribution in [0.5, 0.6) is 0 Å². The van der Waals surface area contributed by atoms with Gasteiger partial charge in [0.15, 0.2) is 18.3 Å². The molecule has 24 heavy (non-hydrogen) atoms. The largest absolute Gasteiger partial charge is 0.463 e. The first-order valence-corrected chi connectivity index (χ1v) is 7.18. The Morgan fingerprint density at radius 3 is 1.71 bits per heavy atom. The van der Waals surface area contributed by atoms with Gasteiger partial charge in [-0.2, -0.15) is 0 Å². The summed E-state index contributed by atoms with van der Waals surface area (Å²) in [6, 6.07) is 0. The highest BCUT2D eigenvalue weighted by molar-refractivity contribution is 5.68. The maximum absolute atomic E-state index is 11.4. The van der Waals surface area contributed by atoms with Gasteiger partial charge in [-0.3, -0.25) is 19.2 Å². The van der Waals surface area contributed by atoms with Crippen molar-refractivity contribution in [2.24, 2.45) is 5.73 Å². The van der Waals surface area contributed by atoms with Crippen molar-refractivity contribution in [3.05, 3.63) is 0 Å². The van der Waals surface area contributed by atoms with Gasteiger partial charge in [0.1, 0.15) is 18.9 Å². The zero-order valence-electron chi connectivity index (χ0n) is 13.8. The summed E-state index contributed by atoms with van der Waals surface area (Å²) in [6.07, 6.45) is -5.74. The monoisotopic (exact) mass is 347 g/mol. The lowest BCUT2D eigenvalue weighted by atomic mass is 9.97. The van der Waals surface area contributed by atoms with Crippen LogP contribution in [0, 0.1) is 0 Å². The van der Waals surface area contributed by atoms with Crippen LogP contribution in [0.15, 0.2) is 0 Å². The van der Waals surface area contributed by atoms with E-state index in [0.29, 0.717) is 0 Å². The van der Waals surface area contributed by atoms with Crippen molar-refractivity contribution in [3.63, 3.8) is 0 Å². The van der Waals surface area contributed by atoms with Gasteiger partial charge in [0.25, 0.3) is 0 Å². The van der Waals surface area contributed by atoms with E-state index in [2.05, 4.69) is 0 Å². The summed E-state index contributed by atoms with van der Waals surface area (Å²) >= 11 is 0. The first kappa shape index (κ1) is 19.8. The number of carbonyl (C=O) groups excluding carboxylic acids is 4. The lowest BCUT2D eigenvalue weighted by molar-refractivity contribution is -0.251. The third-order valence-corrected chi connectivity index (χ3v) is 3.03. The Morgan fingerprint density at radius 2 is 1.25 bits per heavy atom. The zero-order chi connectivity index (χ0) is 18.4. The maximum Gasteiger partial charge on any atom is 0.303 e. The Kier molecular flexibility index (Phi) is 7.11. The van der Waals surface area contributed by atoms with Crippen LogP contribution in [0.4, 0.5) is 0 Å². The van der Waals surface area contributed by atoms with Crippen molar-refractivity contribution in [1.29, 1.82) is 0 Å². The number of nitrogens with two attached hydrogens (primary N) is 1. The molecule has 2 N–H and O–H groups in total. The highest BCUT2D eigenvalue weighted by atomic mass is 16.7. The SMILES string of the molecule is CC(=O)OC[C@@H]1O[C@H](N)[C@H](OC(C)=O)[C@H](OC(C)=O)[C@H]1OC(C)=O. The molecule has 0 aliphatic carbocycles. The molecule has 0 unspecified atom stereocenters. The van der Waals surface area contributed by atoms with Gasteiger partial charge in [-0.25, -0.2) is 0 Å². The average molecular weight is 347 g/mol. The molecule has 10 heteroatoms. The molecule has 0 bridgehead atoms. The summed E-state index contributed by atoms with van der Waals surface area (Å²) in [5.41, 5.74) is 5.81. The molecule has 5 atom stereocenters. The van der Waals surface area contributed by atoms with Crippen molar-refractivity contribution < 1.29 is 42.9 Å². The Labute approximate surface area is 138 Å². The normalized spacial score (nSPS) is 29.3. The Hall–Kier alpha value is -2.20. The average Bonchev–Trinajstić information content (AvgIpc) is 2.42. The van der Waals surface area contributed by atoms with Crippen LogP contribution >= 0.6 is 0 Å². The van der Waals surface area contributed by atoms with E-state index in [0.717, 1.165) is 20.8 Å². The van der Waals surface area contributed by atoms with Crippen LogP contribution in [-0.2, 0) is 42.9 Å². The summed E-state index contributed by atoms with van der Waals surface area (Å²) in [7, 11) is 0. The molecule has 1 aliphatic heterocycles. The number of hydrogen-bond donors (Lipinski definition) is 1. The van der Waals surface area contributed by atoms with Gasteiger partial charge >= 0.3 is 23.9 Å². The van der Waals surface area contributed by atoms with Crippen LogP contribution in [-0.4, -0.2) is 61.1 Å². The van der Waals surface area contributed by atoms with Crippen molar-refractivity contribution >= 4 is 23.9 Å². The molecular weight excluding hydrogens is 326 g/mol. The van der Waals surface area contributed by atoms with E-state index in [4.69, 9.17) is 29.4 Å². The number of carbonyl (C=O) groups is 4. The van der Waals surface area contributed by atoms with E-state index >= 15 is 0 Å². The first-order valence-electron chi connectivity index (χ1n) is 7.18. The van der Waals surface area contributed by atoms with Gasteiger partial charge in [-0.15, -0.1) is 0 Å². The fourth-order valence-corrected chi connectivity index (χ4v) is 2.26. The quantitative estimate of drug-likeness (QED) is 0.487. The van der Waals surface area contributed by atoms with Crippen molar-refractivity contribution in [2.45, 2.75) is 58.3 Å². The number of rotatable bonds is 5. The predicted molar refractivity (Wildman–Crippen MR) is 76.1 cm³/mol. The first-order chi connectivity index (χ1) is 11.1. The van der Waals surface area contributed by atoms with Gasteiger partial charge in [-0.1, -0.05) is 0 Å². The van der Waals surface area contributed by atoms with Crippen LogP contribution in [0.25, 0.3) is 0 Å². The fraction of sp³-hybridized carbons (Fsp3) is 0.714. The zero-order valence-corrected chi connectivity index (χ0v) is 13.8. The van der Waals surface area contributed by atoms with Crippen molar-refractivity contribution in [3.8, 4) is 0 Å². The fourth-order valence-electron chi connectivity index (χ4n) is 2.26. The topological polar surface area (TPSA) is 140 Å². The summed E-state index contributed by atoms with van der Waals surface area (Å²) < 4.78 is 25.6. The van der Waals surface area contributed by atoms with Crippen LogP contribution in [0.1, 0.15) is 27.7 Å². The third-order valence-electron chi connectivity index (χ3n) is 3.03. The number of ether oxygens (including phenoxy) is 5. The lowest BCUT2D eigenvalue weighted by Crippen LogP contribution is -2.64. The van der Waals surface area contributed by atoms with E-state index in [-0.39, 0.29) is 6.61 Å². The molecule has 0 radical (unpaired) electrons. The van der Waals surface area contributed by atoms with E-state index in [1.54, 1.807) is 0 Å². The molecule has 0 aromatic heterocycles. The van der Waals surface area contributed by atoms with Gasteiger partial charge in [-0.05, 0) is 0 Å². The second-order valence-electron chi connectivity index (χ2n) is 5.16. The minimum Gasteiger partial charge on any atom is -0.463 e. The Morgan fingerprint density at radius 1 is 0.792 bits per heavy atom. The molecule has 1 heterocycles. The standard InChI is InChI=1S/C14H21NO9/c1-6(16)20-5-10-11(21-7(2)17)12(22-8(3)18)13(14(15)24-10)23-9(4)19/h10-14H,5,15H2,1-4H3/t10-,11-,12+,13+,14-/m0/s1. The minimum absolute atomic E-state index is 0.286. The Bertz CT molecular complexity index is 506. The Balaban J connectivity index is 3.11. The molecule has 0 amide bonds. The van der Waals surface area contributed by atoms with Crippen LogP contribution in [0.3, 0.4) is 0 Å². The van der Waals surface area contributed by atoms with Crippen molar-refractivity contribution in [1.82, 2.24) is 0 Å². The maximum atomic E-state index is 11.4. The minimum atomic E-state index is -1.21. The van der Waals surface area contributed by atoms with Crippen LogP contribution in [0.2, 0.25) is 0 Å². The third kappa shape index (κ3) is 5.78. The van der Waals surface area contributed by atoms with E-state index in [1.165, 1.54) is 6.92 Å². The lowest BCUT2D eigenvalue weighted by Gasteiger charge is -2.43. The highest BCUT2D eigenvalue weighted by Crippen LogP contribution is 2.27. The summed E-state index contributed by atoms with van der Waals surface area (Å²) in [4.78, 5) is 45.0. The van der Waals surface area contributed by atoms with E-state index in [9.17, 15) is 19.2 Å². The molecule has 1 saturated heterocycles. The molecule has 0 aromatic carbocycles. The number of hydrogen-bond acceptors (Lipinski definition) is 10. The van der Waals surface area contributed by atoms with E-state index in [1.807, 2.05) is 0 Å². The molecule has 136 valence electrons. The molecule has 0 saturated carbocycles. The molecule has 1 rings (SSSR count). The molecule has 1 aliphatic rings. The molecule has 0 aromatic rings. The predicted octanol–water partition coefficient (Wildman–Crippen LogP) is -0.972. The second-order valence-corrected chi connectivity index (χ2v) is 5.16. The van der Waals surface area contributed by atoms with E-state index < -0.39 is 54.5 Å². The smallest absolute Gasteiger partial charge is 0.303 e. The molecular formula is C14H21NO9. The summed E-state index contributed by atoms with van der Waals surface area (Å²) in [6.45, 7) is 4.32.